The summed E-state index contributed by atoms with van der Waals surface area (Å²) in [7, 11) is 0. The number of unbranched alkanes of at least 4 members (excludes halogenated alkanes) is 16. The molecule has 1 amide bonds. The maximum absolute atomic E-state index is 13.2. The van der Waals surface area contributed by atoms with E-state index in [2.05, 4.69) is 128 Å². The van der Waals surface area contributed by atoms with Crippen LogP contribution in [0.5, 0.6) is 0 Å². The average Bonchev–Trinajstić information content (AvgIpc) is 3.24. The minimum absolute atomic E-state index is 0.261. The zero-order chi connectivity index (χ0) is 59.5. The van der Waals surface area contributed by atoms with Gasteiger partial charge in [0.05, 0.1) is 32.0 Å². The smallest absolute Gasteiger partial charge is 0.220 e. The fourth-order valence-electron chi connectivity index (χ4n) is 9.40. The molecule has 0 aliphatic carbocycles. The third kappa shape index (κ3) is 36.1. The van der Waals surface area contributed by atoms with Crippen molar-refractivity contribution >= 4 is 5.91 Å². The van der Waals surface area contributed by atoms with E-state index in [1.54, 1.807) is 6.08 Å². The fraction of sp³-hybridized carbons (Fsp3) is 0.662. The SMILES string of the molecule is C/C=C/CC/C=C/CC/C=C/C(O)C(COC1OC(CO)C(OC2OC(CO)C(O)C(O)C2O)C(O)C1O)NC(=O)CCCCCCCCCCCCCCCC/C=C\C/C=C\C/C=C\C/C=C\C/C=C\C/C=C\C/C=C\C/C=C\CC. The molecule has 82 heavy (non-hydrogen) atoms. The standard InChI is InChI=1S/C68H111NO13/c1-3-5-7-9-11-13-14-15-16-17-18-19-20-21-22-23-24-25-26-27-28-29-30-31-32-33-34-35-36-37-38-39-40-41-42-44-46-48-50-52-60(73)69-56(57(72)51-49-47-45-43-12-10-8-6-4-2)55-79-67-65(78)63(76)66(59(54-71)81-67)82-68-64(77)62(75)61(74)58(53-70)80-68/h4-7,11-13,15-16,18-19,21-22,24-25,27-28,30-31,43,49,51,56-59,61-68,70-72,74-78H,3,8-10,14,17,20,23,26,29,32-42,44-48,50,52-55H2,1-2H3,(H,69,73)/b6-4+,7-5-,13-11-,16-15-,19-18-,22-21-,25-24-,28-27-,31-30-,43-12+,51-49+. The number of amides is 1. The third-order valence-electron chi connectivity index (χ3n) is 14.4. The highest BCUT2D eigenvalue weighted by molar-refractivity contribution is 5.76. The lowest BCUT2D eigenvalue weighted by Crippen LogP contribution is -2.65. The Bertz CT molecular complexity index is 1880. The first-order valence-electron chi connectivity index (χ1n) is 31.4. The van der Waals surface area contributed by atoms with Gasteiger partial charge in [-0.15, -0.1) is 0 Å². The molecule has 0 aromatic rings. The summed E-state index contributed by atoms with van der Waals surface area (Å²) < 4.78 is 22.7. The highest BCUT2D eigenvalue weighted by Gasteiger charge is 2.51. The Balaban J connectivity index is 1.57. The van der Waals surface area contributed by atoms with E-state index in [1.165, 1.54) is 64.2 Å². The molecule has 0 aromatic carbocycles. The Labute approximate surface area is 494 Å². The number of carbonyl (C=O) groups excluding carboxylic acids is 1. The van der Waals surface area contributed by atoms with Gasteiger partial charge in [0.2, 0.25) is 5.91 Å². The van der Waals surface area contributed by atoms with Gasteiger partial charge in [-0.05, 0) is 103 Å². The van der Waals surface area contributed by atoms with Crippen molar-refractivity contribution in [2.24, 2.45) is 0 Å². The summed E-state index contributed by atoms with van der Waals surface area (Å²) in [6, 6.07) is -0.944. The summed E-state index contributed by atoms with van der Waals surface area (Å²) in [5.74, 6) is -0.263. The molecule has 2 aliphatic rings. The van der Waals surface area contributed by atoms with Crippen LogP contribution in [0.2, 0.25) is 0 Å². The van der Waals surface area contributed by atoms with Crippen molar-refractivity contribution in [3.63, 3.8) is 0 Å². The number of carbonyl (C=O) groups is 1. The van der Waals surface area contributed by atoms with Crippen molar-refractivity contribution in [2.45, 2.75) is 267 Å². The van der Waals surface area contributed by atoms with Gasteiger partial charge in [-0.1, -0.05) is 218 Å². The topological polar surface area (TPSA) is 228 Å². The van der Waals surface area contributed by atoms with Crippen LogP contribution >= 0.6 is 0 Å². The number of allylic oxidation sites excluding steroid dienone is 21. The van der Waals surface area contributed by atoms with Crippen LogP contribution < -0.4 is 5.32 Å². The van der Waals surface area contributed by atoms with Gasteiger partial charge in [0.15, 0.2) is 12.6 Å². The molecule has 2 aliphatic heterocycles. The molecule has 0 bridgehead atoms. The van der Waals surface area contributed by atoms with Crippen LogP contribution in [0, 0.1) is 0 Å². The zero-order valence-corrected chi connectivity index (χ0v) is 50.2. The van der Waals surface area contributed by atoms with Gasteiger partial charge in [0.25, 0.3) is 0 Å². The summed E-state index contributed by atoms with van der Waals surface area (Å²) in [5.41, 5.74) is 0. The molecule has 466 valence electrons. The molecule has 14 heteroatoms. The van der Waals surface area contributed by atoms with Crippen molar-refractivity contribution in [1.29, 1.82) is 0 Å². The lowest BCUT2D eigenvalue weighted by molar-refractivity contribution is -0.359. The number of ether oxygens (including phenoxy) is 4. The summed E-state index contributed by atoms with van der Waals surface area (Å²) >= 11 is 0. The highest BCUT2D eigenvalue weighted by atomic mass is 16.7. The number of aliphatic hydroxyl groups excluding tert-OH is 8. The first-order chi connectivity index (χ1) is 40.1. The molecule has 12 unspecified atom stereocenters. The van der Waals surface area contributed by atoms with Gasteiger partial charge >= 0.3 is 0 Å². The molecule has 0 spiro atoms. The number of hydrogen-bond donors (Lipinski definition) is 9. The molecule has 2 heterocycles. The van der Waals surface area contributed by atoms with E-state index >= 15 is 0 Å². The Morgan fingerprint density at radius 1 is 0.463 bits per heavy atom. The second kappa shape index (κ2) is 51.5. The van der Waals surface area contributed by atoms with Gasteiger partial charge in [0.1, 0.15) is 48.8 Å². The van der Waals surface area contributed by atoms with Crippen molar-refractivity contribution in [2.75, 3.05) is 19.8 Å². The van der Waals surface area contributed by atoms with Crippen LogP contribution in [0.15, 0.2) is 134 Å². The highest BCUT2D eigenvalue weighted by Crippen LogP contribution is 2.30. The number of aliphatic hydroxyl groups is 8. The summed E-state index contributed by atoms with van der Waals surface area (Å²) in [6.07, 6.45) is 59.8. The van der Waals surface area contributed by atoms with Crippen molar-refractivity contribution in [3.05, 3.63) is 134 Å². The summed E-state index contributed by atoms with van der Waals surface area (Å²) in [4.78, 5) is 13.2. The monoisotopic (exact) mass is 1150 g/mol. The molecular weight excluding hydrogens is 1040 g/mol. The molecule has 2 saturated heterocycles. The zero-order valence-electron chi connectivity index (χ0n) is 50.2. The largest absolute Gasteiger partial charge is 0.394 e. The van der Waals surface area contributed by atoms with E-state index in [-0.39, 0.29) is 18.9 Å². The van der Waals surface area contributed by atoms with Gasteiger partial charge in [0, 0.05) is 6.42 Å². The van der Waals surface area contributed by atoms with Gasteiger partial charge < -0.3 is 65.1 Å². The van der Waals surface area contributed by atoms with Gasteiger partial charge in [-0.3, -0.25) is 4.79 Å². The average molecular weight is 1150 g/mol. The van der Waals surface area contributed by atoms with Crippen LogP contribution in [-0.4, -0.2) is 140 Å². The molecule has 2 rings (SSSR count). The number of rotatable bonds is 48. The van der Waals surface area contributed by atoms with E-state index < -0.39 is 86.8 Å². The molecular formula is C68H111NO13. The predicted molar refractivity (Wildman–Crippen MR) is 331 cm³/mol. The minimum atomic E-state index is -1.80. The number of nitrogens with one attached hydrogen (secondary N) is 1. The van der Waals surface area contributed by atoms with E-state index in [9.17, 15) is 45.6 Å². The maximum atomic E-state index is 13.2. The molecule has 14 nitrogen and oxygen atoms in total. The van der Waals surface area contributed by atoms with Gasteiger partial charge in [-0.25, -0.2) is 0 Å². The third-order valence-corrected chi connectivity index (χ3v) is 14.4. The van der Waals surface area contributed by atoms with E-state index in [4.69, 9.17) is 18.9 Å². The van der Waals surface area contributed by atoms with Crippen molar-refractivity contribution < 1.29 is 64.6 Å². The Morgan fingerprint density at radius 3 is 1.34 bits per heavy atom. The Kier molecular flexibility index (Phi) is 46.7. The Hall–Kier alpha value is -3.87. The Morgan fingerprint density at radius 2 is 0.866 bits per heavy atom. The predicted octanol–water partition coefficient (Wildman–Crippen LogP) is 11.6. The van der Waals surface area contributed by atoms with Crippen LogP contribution in [0.4, 0.5) is 0 Å². The molecule has 2 fully saturated rings. The molecule has 12 atom stereocenters. The first kappa shape index (κ1) is 74.2. The number of hydrogen-bond acceptors (Lipinski definition) is 13. The van der Waals surface area contributed by atoms with E-state index in [0.29, 0.717) is 12.8 Å². The summed E-state index contributed by atoms with van der Waals surface area (Å²) in [6.45, 7) is 2.39. The van der Waals surface area contributed by atoms with Crippen LogP contribution in [0.25, 0.3) is 0 Å². The van der Waals surface area contributed by atoms with E-state index in [1.807, 2.05) is 19.1 Å². The maximum Gasteiger partial charge on any atom is 0.220 e. The molecule has 9 N–H and O–H groups in total. The lowest BCUT2D eigenvalue weighted by atomic mass is 9.97. The van der Waals surface area contributed by atoms with Crippen molar-refractivity contribution in [1.82, 2.24) is 5.32 Å². The van der Waals surface area contributed by atoms with Gasteiger partial charge in [-0.2, -0.15) is 0 Å². The fourth-order valence-corrected chi connectivity index (χ4v) is 9.40. The second-order valence-electron chi connectivity index (χ2n) is 21.4. The quantitative estimate of drug-likeness (QED) is 0.0204. The summed E-state index contributed by atoms with van der Waals surface area (Å²) in [5, 5.41) is 86.8. The second-order valence-corrected chi connectivity index (χ2v) is 21.4. The van der Waals surface area contributed by atoms with Crippen LogP contribution in [-0.2, 0) is 23.7 Å². The normalized spacial score (nSPS) is 24.9. The molecule has 0 radical (unpaired) electrons. The molecule has 0 aromatic heterocycles. The van der Waals surface area contributed by atoms with Crippen LogP contribution in [0.3, 0.4) is 0 Å². The van der Waals surface area contributed by atoms with E-state index in [0.717, 1.165) is 96.3 Å². The minimum Gasteiger partial charge on any atom is -0.394 e. The van der Waals surface area contributed by atoms with Crippen molar-refractivity contribution in [3.8, 4) is 0 Å². The van der Waals surface area contributed by atoms with Crippen LogP contribution in [0.1, 0.15) is 194 Å². The lowest BCUT2D eigenvalue weighted by Gasteiger charge is -2.46. The molecule has 0 saturated carbocycles. The first-order valence-corrected chi connectivity index (χ1v) is 31.4.